The second-order valence-electron chi connectivity index (χ2n) is 12.9. The van der Waals surface area contributed by atoms with E-state index in [4.69, 9.17) is 32.5 Å². The van der Waals surface area contributed by atoms with Gasteiger partial charge in [0.05, 0.1) is 28.1 Å². The zero-order valence-corrected chi connectivity index (χ0v) is 26.3. The molecule has 12 heteroatoms. The lowest BCUT2D eigenvalue weighted by Gasteiger charge is -2.34. The number of phenolic OH excluding ortho intramolecular Hbond substituents is 1. The minimum Gasteiger partial charge on any atom is -0.508 e. The molecular weight excluding hydrogens is 631 g/mol. The number of phenols is 1. The SMILES string of the molecule is C#Cc1c(F)ccc2cc(O)cc(-c3c(Cl)c4c5c(nc(OC[C@@]67CCCN6C[C@H](F)C7)nc5c3F)N(C3CCNC3)CCCO4)c12. The number of aromatic hydroxyl groups is 1. The van der Waals surface area contributed by atoms with Crippen LogP contribution < -0.4 is 19.7 Å². The summed E-state index contributed by atoms with van der Waals surface area (Å²) < 4.78 is 59.3. The zero-order chi connectivity index (χ0) is 32.4. The van der Waals surface area contributed by atoms with Crippen LogP contribution >= 0.6 is 11.6 Å². The van der Waals surface area contributed by atoms with E-state index in [1.807, 2.05) is 0 Å². The first-order valence-corrected chi connectivity index (χ1v) is 16.4. The smallest absolute Gasteiger partial charge is 0.319 e. The summed E-state index contributed by atoms with van der Waals surface area (Å²) >= 11 is 7.06. The standard InChI is InChI=1S/C35H33ClF3N5O3/c1-2-23-25(38)6-5-19-13-22(45)14-24(26(19)23)27-29(36)32-28-31(30(27)39)41-34(47-18-35-8-3-10-43(35)17-20(37)15-35)42-33(28)44(11-4-12-46-32)21-7-9-40-16-21/h1,5-6,13-14,20-21,40,45H,3-4,7-12,15-18H2/t20-,21?,35+/m1/s1. The van der Waals surface area contributed by atoms with E-state index in [9.17, 15) is 9.50 Å². The minimum absolute atomic E-state index is 0.0400. The number of aromatic nitrogens is 2. The number of rotatable bonds is 5. The molecule has 47 heavy (non-hydrogen) atoms. The number of fused-ring (bicyclic) bond motifs is 2. The van der Waals surface area contributed by atoms with Gasteiger partial charge in [-0.15, -0.1) is 6.42 Å². The van der Waals surface area contributed by atoms with Crippen molar-refractivity contribution in [2.75, 3.05) is 50.8 Å². The molecule has 8 nitrogen and oxygen atoms in total. The first-order chi connectivity index (χ1) is 22.8. The molecule has 8 rings (SSSR count). The highest BCUT2D eigenvalue weighted by Crippen LogP contribution is 2.50. The first kappa shape index (κ1) is 30.4. The van der Waals surface area contributed by atoms with E-state index < -0.39 is 23.3 Å². The summed E-state index contributed by atoms with van der Waals surface area (Å²) in [6.45, 7) is 3.77. The molecule has 3 saturated heterocycles. The van der Waals surface area contributed by atoms with E-state index in [2.05, 4.69) is 26.0 Å². The van der Waals surface area contributed by atoms with Crippen molar-refractivity contribution in [1.29, 1.82) is 0 Å². The number of halogens is 4. The molecule has 3 fully saturated rings. The Kier molecular flexibility index (Phi) is 7.50. The van der Waals surface area contributed by atoms with Gasteiger partial charge in [-0.05, 0) is 67.9 Å². The maximum atomic E-state index is 17.3. The van der Waals surface area contributed by atoms with E-state index >= 15 is 8.78 Å². The molecule has 0 bridgehead atoms. The lowest BCUT2D eigenvalue weighted by molar-refractivity contribution is 0.107. The van der Waals surface area contributed by atoms with Crippen molar-refractivity contribution in [3.63, 3.8) is 0 Å². The molecule has 0 saturated carbocycles. The third kappa shape index (κ3) is 4.91. The van der Waals surface area contributed by atoms with E-state index in [1.54, 1.807) is 0 Å². The van der Waals surface area contributed by atoms with Crippen molar-refractivity contribution >= 4 is 39.1 Å². The fraction of sp³-hybridized carbons (Fsp3) is 0.429. The fourth-order valence-electron chi connectivity index (χ4n) is 8.07. The van der Waals surface area contributed by atoms with Gasteiger partial charge in [0.25, 0.3) is 0 Å². The molecule has 0 radical (unpaired) electrons. The van der Waals surface area contributed by atoms with Gasteiger partial charge in [0.1, 0.15) is 35.7 Å². The highest BCUT2D eigenvalue weighted by Gasteiger charge is 2.49. The summed E-state index contributed by atoms with van der Waals surface area (Å²) in [6, 6.07) is 5.45. The number of alkyl halides is 1. The van der Waals surface area contributed by atoms with Crippen molar-refractivity contribution < 1.29 is 27.8 Å². The van der Waals surface area contributed by atoms with Crippen LogP contribution in [-0.4, -0.2) is 83.7 Å². The molecular formula is C35H33ClF3N5O3. The summed E-state index contributed by atoms with van der Waals surface area (Å²) in [4.78, 5) is 13.8. The Labute approximate surface area is 274 Å². The third-order valence-corrected chi connectivity index (χ3v) is 10.5. The van der Waals surface area contributed by atoms with Gasteiger partial charge < -0.3 is 24.8 Å². The van der Waals surface area contributed by atoms with Crippen molar-refractivity contribution in [2.45, 2.75) is 49.9 Å². The number of hydrogen-bond acceptors (Lipinski definition) is 8. The van der Waals surface area contributed by atoms with Crippen LogP contribution in [0.4, 0.5) is 19.0 Å². The average Bonchev–Trinajstić information content (AvgIpc) is 3.77. The monoisotopic (exact) mass is 663 g/mol. The first-order valence-electron chi connectivity index (χ1n) is 16.0. The lowest BCUT2D eigenvalue weighted by Crippen LogP contribution is -2.43. The Morgan fingerprint density at radius 2 is 2.06 bits per heavy atom. The summed E-state index contributed by atoms with van der Waals surface area (Å²) in [6.07, 6.45) is 8.39. The Balaban J connectivity index is 1.37. The van der Waals surface area contributed by atoms with Gasteiger partial charge in [-0.1, -0.05) is 23.6 Å². The highest BCUT2D eigenvalue weighted by atomic mass is 35.5. The highest BCUT2D eigenvalue weighted by molar-refractivity contribution is 6.37. The number of nitrogens with one attached hydrogen (secondary N) is 1. The second kappa shape index (κ2) is 11.6. The predicted octanol–water partition coefficient (Wildman–Crippen LogP) is 5.97. The summed E-state index contributed by atoms with van der Waals surface area (Å²) in [5, 5.41) is 15.0. The van der Waals surface area contributed by atoms with E-state index in [1.165, 1.54) is 24.3 Å². The van der Waals surface area contributed by atoms with Gasteiger partial charge in [-0.3, -0.25) is 4.90 Å². The van der Waals surface area contributed by atoms with Crippen LogP contribution in [0.2, 0.25) is 5.02 Å². The molecule has 1 aromatic heterocycles. The van der Waals surface area contributed by atoms with Crippen LogP contribution in [0.15, 0.2) is 24.3 Å². The van der Waals surface area contributed by atoms with Gasteiger partial charge >= 0.3 is 6.01 Å². The number of benzene rings is 3. The molecule has 4 aromatic rings. The molecule has 1 unspecified atom stereocenters. The number of terminal acetylenes is 1. The van der Waals surface area contributed by atoms with Crippen molar-refractivity contribution in [1.82, 2.24) is 20.2 Å². The maximum absolute atomic E-state index is 17.3. The number of hydrogen-bond donors (Lipinski definition) is 2. The van der Waals surface area contributed by atoms with E-state index in [0.717, 1.165) is 38.9 Å². The molecule has 5 heterocycles. The molecule has 0 aliphatic carbocycles. The fourth-order valence-corrected chi connectivity index (χ4v) is 8.40. The molecule has 4 aliphatic rings. The van der Waals surface area contributed by atoms with Crippen LogP contribution in [0.5, 0.6) is 17.5 Å². The Morgan fingerprint density at radius 1 is 1.19 bits per heavy atom. The Hall–Kier alpha value is -3.98. The molecule has 4 aliphatic heterocycles. The normalized spacial score (nSPS) is 24.3. The van der Waals surface area contributed by atoms with Gasteiger partial charge in [0, 0.05) is 43.0 Å². The van der Waals surface area contributed by atoms with Crippen LogP contribution in [0.1, 0.15) is 37.7 Å². The van der Waals surface area contributed by atoms with Gasteiger partial charge in [-0.25, -0.2) is 13.2 Å². The van der Waals surface area contributed by atoms with Crippen LogP contribution in [0.25, 0.3) is 32.8 Å². The van der Waals surface area contributed by atoms with Crippen LogP contribution in [-0.2, 0) is 0 Å². The minimum atomic E-state index is -0.938. The topological polar surface area (TPSA) is 83.0 Å². The largest absolute Gasteiger partial charge is 0.508 e. The van der Waals surface area contributed by atoms with E-state index in [-0.39, 0.29) is 62.8 Å². The van der Waals surface area contributed by atoms with Crippen LogP contribution in [0, 0.1) is 24.0 Å². The van der Waals surface area contributed by atoms with Crippen LogP contribution in [0.3, 0.4) is 0 Å². The second-order valence-corrected chi connectivity index (χ2v) is 13.3. The molecule has 3 atom stereocenters. The predicted molar refractivity (Wildman–Crippen MR) is 174 cm³/mol. The van der Waals surface area contributed by atoms with Gasteiger partial charge in [0.2, 0.25) is 0 Å². The number of ether oxygens (including phenoxy) is 2. The lowest BCUT2D eigenvalue weighted by atomic mass is 9.92. The third-order valence-electron chi connectivity index (χ3n) is 10.2. The maximum Gasteiger partial charge on any atom is 0.319 e. The Bertz CT molecular complexity index is 1970. The van der Waals surface area contributed by atoms with Gasteiger partial charge in [0.15, 0.2) is 11.6 Å². The molecule has 3 aromatic carbocycles. The van der Waals surface area contributed by atoms with Crippen molar-refractivity contribution in [2.24, 2.45) is 0 Å². The van der Waals surface area contributed by atoms with Gasteiger partial charge in [-0.2, -0.15) is 9.97 Å². The van der Waals surface area contributed by atoms with E-state index in [0.29, 0.717) is 49.1 Å². The van der Waals surface area contributed by atoms with Crippen molar-refractivity contribution in [3.8, 4) is 41.0 Å². The zero-order valence-electron chi connectivity index (χ0n) is 25.6. The quantitative estimate of drug-likeness (QED) is 0.253. The number of nitrogens with zero attached hydrogens (tertiary/aromatic N) is 4. The van der Waals surface area contributed by atoms with Crippen molar-refractivity contribution in [3.05, 3.63) is 46.5 Å². The molecule has 2 N–H and O–H groups in total. The number of anilines is 1. The summed E-state index contributed by atoms with van der Waals surface area (Å²) in [5.74, 6) is 1.33. The molecule has 0 spiro atoms. The average molecular weight is 664 g/mol. The summed E-state index contributed by atoms with van der Waals surface area (Å²) in [7, 11) is 0. The Morgan fingerprint density at radius 3 is 2.87 bits per heavy atom. The molecule has 244 valence electrons. The summed E-state index contributed by atoms with van der Waals surface area (Å²) in [5.41, 5.74) is -0.695. The molecule has 0 amide bonds.